The van der Waals surface area contributed by atoms with Crippen molar-refractivity contribution in [2.75, 3.05) is 6.54 Å². The molecule has 0 saturated heterocycles. The standard InChI is InChI=1S/C15H20BrN/c16-14-7-3-4-11-8-9-12(15(11)14)10-17-13-5-1-2-6-13/h3-4,7,12-13,17H,1-2,5-6,8-10H2. The Morgan fingerprint density at radius 3 is 2.82 bits per heavy atom. The van der Waals surface area contributed by atoms with Gasteiger partial charge in [-0.15, -0.1) is 0 Å². The van der Waals surface area contributed by atoms with Gasteiger partial charge in [-0.3, -0.25) is 0 Å². The van der Waals surface area contributed by atoms with Gasteiger partial charge < -0.3 is 5.32 Å². The Morgan fingerprint density at radius 2 is 2.00 bits per heavy atom. The van der Waals surface area contributed by atoms with Crippen molar-refractivity contribution in [2.24, 2.45) is 0 Å². The first-order valence-electron chi connectivity index (χ1n) is 6.85. The van der Waals surface area contributed by atoms with Gasteiger partial charge in [-0.2, -0.15) is 0 Å². The Hall–Kier alpha value is -0.340. The monoisotopic (exact) mass is 293 g/mol. The van der Waals surface area contributed by atoms with Gasteiger partial charge in [-0.25, -0.2) is 0 Å². The summed E-state index contributed by atoms with van der Waals surface area (Å²) in [6.07, 6.45) is 8.18. The molecule has 3 rings (SSSR count). The highest BCUT2D eigenvalue weighted by Gasteiger charge is 2.25. The third-order valence-corrected chi connectivity index (χ3v) is 5.01. The Labute approximate surface area is 112 Å². The van der Waals surface area contributed by atoms with Crippen LogP contribution in [0, 0.1) is 0 Å². The number of nitrogens with one attached hydrogen (secondary N) is 1. The molecule has 0 radical (unpaired) electrons. The van der Waals surface area contributed by atoms with Gasteiger partial charge in [0.25, 0.3) is 0 Å². The summed E-state index contributed by atoms with van der Waals surface area (Å²) < 4.78 is 1.31. The summed E-state index contributed by atoms with van der Waals surface area (Å²) in [5, 5.41) is 3.77. The number of aryl methyl sites for hydroxylation is 1. The van der Waals surface area contributed by atoms with Crippen LogP contribution >= 0.6 is 15.9 Å². The summed E-state index contributed by atoms with van der Waals surface area (Å²) in [7, 11) is 0. The fourth-order valence-electron chi connectivity index (χ4n) is 3.37. The summed E-state index contributed by atoms with van der Waals surface area (Å²) in [6, 6.07) is 7.43. The number of hydrogen-bond donors (Lipinski definition) is 1. The number of benzene rings is 1. The van der Waals surface area contributed by atoms with Crippen LogP contribution in [-0.2, 0) is 6.42 Å². The van der Waals surface area contributed by atoms with Gasteiger partial charge in [0.1, 0.15) is 0 Å². The highest BCUT2D eigenvalue weighted by atomic mass is 79.9. The Kier molecular flexibility index (Phi) is 3.53. The van der Waals surface area contributed by atoms with Crippen molar-refractivity contribution in [1.29, 1.82) is 0 Å². The second kappa shape index (κ2) is 5.11. The van der Waals surface area contributed by atoms with E-state index >= 15 is 0 Å². The lowest BCUT2D eigenvalue weighted by molar-refractivity contribution is 0.485. The Balaban J connectivity index is 1.66. The van der Waals surface area contributed by atoms with Crippen LogP contribution in [0.2, 0.25) is 0 Å². The number of fused-ring (bicyclic) bond motifs is 1. The van der Waals surface area contributed by atoms with Gasteiger partial charge in [0.2, 0.25) is 0 Å². The molecule has 1 aromatic carbocycles. The minimum absolute atomic E-state index is 0.723. The van der Waals surface area contributed by atoms with Crippen LogP contribution in [0.4, 0.5) is 0 Å². The number of rotatable bonds is 3. The van der Waals surface area contributed by atoms with Crippen LogP contribution in [0.5, 0.6) is 0 Å². The third kappa shape index (κ3) is 2.43. The molecular weight excluding hydrogens is 274 g/mol. The van der Waals surface area contributed by atoms with Crippen LogP contribution in [0.15, 0.2) is 22.7 Å². The fourth-order valence-corrected chi connectivity index (χ4v) is 4.10. The molecule has 2 aliphatic rings. The quantitative estimate of drug-likeness (QED) is 0.888. The zero-order chi connectivity index (χ0) is 11.7. The third-order valence-electron chi connectivity index (χ3n) is 4.32. The van der Waals surface area contributed by atoms with E-state index in [0.29, 0.717) is 0 Å². The molecular formula is C15H20BrN. The molecule has 1 unspecified atom stereocenters. The van der Waals surface area contributed by atoms with Crippen LogP contribution in [0.1, 0.15) is 49.1 Å². The molecule has 0 bridgehead atoms. The maximum absolute atomic E-state index is 3.77. The van der Waals surface area contributed by atoms with Crippen molar-refractivity contribution in [3.8, 4) is 0 Å². The second-order valence-electron chi connectivity index (χ2n) is 5.44. The minimum atomic E-state index is 0.723. The van der Waals surface area contributed by atoms with Gasteiger partial charge in [0.05, 0.1) is 0 Å². The highest BCUT2D eigenvalue weighted by Crippen LogP contribution is 2.37. The average Bonchev–Trinajstić information content (AvgIpc) is 2.95. The van der Waals surface area contributed by atoms with Crippen molar-refractivity contribution in [2.45, 2.75) is 50.5 Å². The maximum Gasteiger partial charge on any atom is 0.0213 e. The van der Waals surface area contributed by atoms with Gasteiger partial charge in [0, 0.05) is 17.1 Å². The molecule has 0 aliphatic heterocycles. The maximum atomic E-state index is 3.77. The van der Waals surface area contributed by atoms with E-state index in [1.807, 2.05) is 0 Å². The molecule has 0 heterocycles. The second-order valence-corrected chi connectivity index (χ2v) is 6.29. The van der Waals surface area contributed by atoms with Crippen molar-refractivity contribution >= 4 is 15.9 Å². The largest absolute Gasteiger partial charge is 0.313 e. The molecule has 1 nitrogen and oxygen atoms in total. The van der Waals surface area contributed by atoms with Gasteiger partial charge in [-0.05, 0) is 48.8 Å². The van der Waals surface area contributed by atoms with Crippen LogP contribution in [-0.4, -0.2) is 12.6 Å². The SMILES string of the molecule is Brc1cccc2c1C(CNC1CCCC1)CC2. The van der Waals surface area contributed by atoms with E-state index < -0.39 is 0 Å². The molecule has 92 valence electrons. The molecule has 17 heavy (non-hydrogen) atoms. The van der Waals surface area contributed by atoms with Crippen molar-refractivity contribution < 1.29 is 0 Å². The van der Waals surface area contributed by atoms with Crippen LogP contribution in [0.25, 0.3) is 0 Å². The first-order chi connectivity index (χ1) is 8.34. The van der Waals surface area contributed by atoms with Crippen LogP contribution < -0.4 is 5.32 Å². The molecule has 1 saturated carbocycles. The van der Waals surface area contributed by atoms with Crippen LogP contribution in [0.3, 0.4) is 0 Å². The van der Waals surface area contributed by atoms with E-state index in [4.69, 9.17) is 0 Å². The molecule has 0 aromatic heterocycles. The van der Waals surface area contributed by atoms with Gasteiger partial charge in [-0.1, -0.05) is 40.9 Å². The first kappa shape index (κ1) is 11.7. The molecule has 1 atom stereocenters. The summed E-state index contributed by atoms with van der Waals surface area (Å²) in [5.74, 6) is 0.723. The molecule has 1 aromatic rings. The van der Waals surface area contributed by atoms with Gasteiger partial charge >= 0.3 is 0 Å². The van der Waals surface area contributed by atoms with E-state index in [1.54, 1.807) is 11.1 Å². The Morgan fingerprint density at radius 1 is 1.18 bits per heavy atom. The van der Waals surface area contributed by atoms with Crippen molar-refractivity contribution in [3.05, 3.63) is 33.8 Å². The lowest BCUT2D eigenvalue weighted by atomic mass is 10.0. The van der Waals surface area contributed by atoms with E-state index in [-0.39, 0.29) is 0 Å². The lowest BCUT2D eigenvalue weighted by Gasteiger charge is -2.18. The zero-order valence-electron chi connectivity index (χ0n) is 10.2. The Bertz CT molecular complexity index is 396. The van der Waals surface area contributed by atoms with Gasteiger partial charge in [0.15, 0.2) is 0 Å². The minimum Gasteiger partial charge on any atom is -0.313 e. The van der Waals surface area contributed by atoms with E-state index in [0.717, 1.165) is 12.0 Å². The summed E-state index contributed by atoms with van der Waals surface area (Å²) in [6.45, 7) is 1.17. The smallest absolute Gasteiger partial charge is 0.0213 e. The van der Waals surface area contributed by atoms with E-state index in [2.05, 4.69) is 39.4 Å². The predicted octanol–water partition coefficient (Wildman–Crippen LogP) is 4.01. The summed E-state index contributed by atoms with van der Waals surface area (Å²) in [4.78, 5) is 0. The molecule has 1 fully saturated rings. The zero-order valence-corrected chi connectivity index (χ0v) is 11.8. The summed E-state index contributed by atoms with van der Waals surface area (Å²) in [5.41, 5.74) is 3.12. The number of hydrogen-bond acceptors (Lipinski definition) is 1. The predicted molar refractivity (Wildman–Crippen MR) is 75.5 cm³/mol. The first-order valence-corrected chi connectivity index (χ1v) is 7.64. The molecule has 2 heteroatoms. The fraction of sp³-hybridized carbons (Fsp3) is 0.600. The molecule has 0 spiro atoms. The molecule has 0 amide bonds. The summed E-state index contributed by atoms with van der Waals surface area (Å²) >= 11 is 3.71. The lowest BCUT2D eigenvalue weighted by Crippen LogP contribution is -2.29. The van der Waals surface area contributed by atoms with E-state index in [1.165, 1.54) is 49.5 Å². The highest BCUT2D eigenvalue weighted by molar-refractivity contribution is 9.10. The topological polar surface area (TPSA) is 12.0 Å². The number of halogens is 1. The molecule has 1 N–H and O–H groups in total. The van der Waals surface area contributed by atoms with Crippen molar-refractivity contribution in [1.82, 2.24) is 5.32 Å². The normalized spacial score (nSPS) is 24.2. The van der Waals surface area contributed by atoms with E-state index in [9.17, 15) is 0 Å². The molecule has 2 aliphatic carbocycles. The van der Waals surface area contributed by atoms with Crippen molar-refractivity contribution in [3.63, 3.8) is 0 Å². The average molecular weight is 294 g/mol.